The number of ether oxygens (including phenoxy) is 2. The zero-order chi connectivity index (χ0) is 25.4. The Morgan fingerprint density at radius 1 is 1.00 bits per heavy atom. The molecule has 1 amide bonds. The quantitative estimate of drug-likeness (QED) is 0.301. The number of carbonyl (C=O) groups excluding carboxylic acids is 1. The van der Waals surface area contributed by atoms with Crippen LogP contribution in [0.3, 0.4) is 0 Å². The molecule has 3 N–H and O–H groups in total. The van der Waals surface area contributed by atoms with E-state index in [2.05, 4.69) is 5.32 Å². The zero-order valence-electron chi connectivity index (χ0n) is 20.3. The number of carbonyl (C=O) groups is 1. The van der Waals surface area contributed by atoms with Crippen LogP contribution in [0.25, 0.3) is 0 Å². The van der Waals surface area contributed by atoms with E-state index in [4.69, 9.17) is 38.4 Å². The summed E-state index contributed by atoms with van der Waals surface area (Å²) in [6, 6.07) is 21.0. The summed E-state index contributed by atoms with van der Waals surface area (Å²) in [5.41, 5.74) is 8.34. The number of rotatable bonds is 11. The molecular formula is C28H32Cl2N2O3. The summed E-state index contributed by atoms with van der Waals surface area (Å²) in [6.45, 7) is 6.65. The molecule has 2 atom stereocenters. The van der Waals surface area contributed by atoms with E-state index in [1.807, 2.05) is 75.4 Å². The van der Waals surface area contributed by atoms with Gasteiger partial charge in [0.15, 0.2) is 5.75 Å². The molecule has 0 aliphatic heterocycles. The minimum Gasteiger partial charge on any atom is -0.490 e. The van der Waals surface area contributed by atoms with Crippen LogP contribution < -0.4 is 20.5 Å². The van der Waals surface area contributed by atoms with Gasteiger partial charge >= 0.3 is 0 Å². The van der Waals surface area contributed by atoms with E-state index in [0.717, 1.165) is 16.7 Å². The lowest BCUT2D eigenvalue weighted by molar-refractivity contribution is -0.130. The first kappa shape index (κ1) is 26.9. The topological polar surface area (TPSA) is 73.6 Å². The lowest BCUT2D eigenvalue weighted by Crippen LogP contribution is -2.46. The van der Waals surface area contributed by atoms with Gasteiger partial charge in [-0.3, -0.25) is 4.79 Å². The molecule has 35 heavy (non-hydrogen) atoms. The van der Waals surface area contributed by atoms with E-state index in [1.165, 1.54) is 0 Å². The maximum atomic E-state index is 13.1. The van der Waals surface area contributed by atoms with Crippen molar-refractivity contribution in [1.29, 1.82) is 0 Å². The predicted molar refractivity (Wildman–Crippen MR) is 142 cm³/mol. The fraction of sp³-hybridized carbons (Fsp3) is 0.321. The van der Waals surface area contributed by atoms with Gasteiger partial charge in [0.25, 0.3) is 0 Å². The highest BCUT2D eigenvalue weighted by atomic mass is 35.5. The second-order valence-corrected chi connectivity index (χ2v) is 9.76. The minimum atomic E-state index is -0.730. The molecule has 0 aliphatic carbocycles. The standard InChI is InChI=1S/C28H32Cl2N2O3/c1-19-15-24(29)26(25(30)16-19)35-14-13-34-23-11-9-21(10-12-23)17-28(3,18-31)27(33)32-20(2)22-7-5-4-6-8-22/h4-12,15-16,20H,13-14,17-18,31H2,1-3H3,(H,32,33). The molecule has 0 spiro atoms. The summed E-state index contributed by atoms with van der Waals surface area (Å²) in [6.07, 6.45) is 0.519. The Morgan fingerprint density at radius 2 is 1.60 bits per heavy atom. The van der Waals surface area contributed by atoms with Crippen molar-refractivity contribution in [3.05, 3.63) is 93.5 Å². The third kappa shape index (κ3) is 7.38. The predicted octanol–water partition coefficient (Wildman–Crippen LogP) is 6.14. The van der Waals surface area contributed by atoms with E-state index in [0.29, 0.717) is 41.2 Å². The lowest BCUT2D eigenvalue weighted by atomic mass is 9.82. The van der Waals surface area contributed by atoms with Gasteiger partial charge in [-0.15, -0.1) is 0 Å². The van der Waals surface area contributed by atoms with Gasteiger partial charge < -0.3 is 20.5 Å². The number of aryl methyl sites for hydroxylation is 1. The summed E-state index contributed by atoms with van der Waals surface area (Å²) in [5.74, 6) is 1.09. The van der Waals surface area contributed by atoms with Crippen molar-refractivity contribution in [2.75, 3.05) is 19.8 Å². The lowest BCUT2D eigenvalue weighted by Gasteiger charge is -2.29. The van der Waals surface area contributed by atoms with Gasteiger partial charge in [0.05, 0.1) is 21.5 Å². The normalized spacial score (nSPS) is 13.5. The van der Waals surface area contributed by atoms with Gasteiger partial charge in [-0.05, 0) is 68.1 Å². The summed E-state index contributed by atoms with van der Waals surface area (Å²) in [5, 5.41) is 4.05. The third-order valence-electron chi connectivity index (χ3n) is 5.90. The molecule has 5 nitrogen and oxygen atoms in total. The van der Waals surface area contributed by atoms with Crippen LogP contribution in [0.2, 0.25) is 10.0 Å². The van der Waals surface area contributed by atoms with Crippen molar-refractivity contribution >= 4 is 29.1 Å². The van der Waals surface area contributed by atoms with Crippen LogP contribution in [-0.4, -0.2) is 25.7 Å². The maximum Gasteiger partial charge on any atom is 0.228 e. The highest BCUT2D eigenvalue weighted by Crippen LogP contribution is 2.34. The first-order valence-corrected chi connectivity index (χ1v) is 12.3. The molecule has 0 bridgehead atoms. The second kappa shape index (κ2) is 12.3. The Bertz CT molecular complexity index is 1100. The summed E-state index contributed by atoms with van der Waals surface area (Å²) < 4.78 is 11.5. The van der Waals surface area contributed by atoms with Crippen molar-refractivity contribution in [3.8, 4) is 11.5 Å². The van der Waals surface area contributed by atoms with Crippen LogP contribution in [0.5, 0.6) is 11.5 Å². The van der Waals surface area contributed by atoms with E-state index in [9.17, 15) is 4.79 Å². The molecule has 7 heteroatoms. The van der Waals surface area contributed by atoms with Crippen LogP contribution in [0.1, 0.15) is 36.6 Å². The number of nitrogens with one attached hydrogen (secondary N) is 1. The number of halogens is 2. The van der Waals surface area contributed by atoms with Crippen molar-refractivity contribution in [3.63, 3.8) is 0 Å². The van der Waals surface area contributed by atoms with Crippen molar-refractivity contribution < 1.29 is 14.3 Å². The van der Waals surface area contributed by atoms with Gasteiger partial charge in [0, 0.05) is 6.54 Å². The smallest absolute Gasteiger partial charge is 0.228 e. The summed E-state index contributed by atoms with van der Waals surface area (Å²) in [4.78, 5) is 13.1. The first-order chi connectivity index (χ1) is 16.7. The van der Waals surface area contributed by atoms with Crippen molar-refractivity contribution in [2.24, 2.45) is 11.1 Å². The average Bonchev–Trinajstić information content (AvgIpc) is 2.84. The molecule has 0 aromatic heterocycles. The highest BCUT2D eigenvalue weighted by molar-refractivity contribution is 6.37. The fourth-order valence-electron chi connectivity index (χ4n) is 3.72. The van der Waals surface area contributed by atoms with Crippen LogP contribution >= 0.6 is 23.2 Å². The number of hydrogen-bond acceptors (Lipinski definition) is 4. The van der Waals surface area contributed by atoms with Gasteiger partial charge in [0.1, 0.15) is 19.0 Å². The molecule has 0 saturated heterocycles. The largest absolute Gasteiger partial charge is 0.490 e. The molecule has 3 aromatic carbocycles. The zero-order valence-corrected chi connectivity index (χ0v) is 21.8. The highest BCUT2D eigenvalue weighted by Gasteiger charge is 2.33. The summed E-state index contributed by atoms with van der Waals surface area (Å²) in [7, 11) is 0. The Hall–Kier alpha value is -2.73. The summed E-state index contributed by atoms with van der Waals surface area (Å²) >= 11 is 12.4. The second-order valence-electron chi connectivity index (χ2n) is 8.95. The molecular weight excluding hydrogens is 483 g/mol. The maximum absolute atomic E-state index is 13.1. The SMILES string of the molecule is Cc1cc(Cl)c(OCCOc2ccc(CC(C)(CN)C(=O)NC(C)c3ccccc3)cc2)c(Cl)c1. The van der Waals surface area contributed by atoms with Gasteiger partial charge in [-0.25, -0.2) is 0 Å². The molecule has 2 unspecified atom stereocenters. The van der Waals surface area contributed by atoms with Crippen molar-refractivity contribution in [1.82, 2.24) is 5.32 Å². The number of benzene rings is 3. The molecule has 0 fully saturated rings. The first-order valence-electron chi connectivity index (χ1n) is 11.6. The van der Waals surface area contributed by atoms with Crippen LogP contribution in [0, 0.1) is 12.3 Å². The molecule has 0 aliphatic rings. The minimum absolute atomic E-state index is 0.0674. The molecule has 186 valence electrons. The monoisotopic (exact) mass is 514 g/mol. The van der Waals surface area contributed by atoms with Gasteiger partial charge in [0.2, 0.25) is 5.91 Å². The Balaban J connectivity index is 1.52. The van der Waals surface area contributed by atoms with Gasteiger partial charge in [-0.1, -0.05) is 65.7 Å². The van der Waals surface area contributed by atoms with E-state index >= 15 is 0 Å². The van der Waals surface area contributed by atoms with E-state index < -0.39 is 5.41 Å². The molecule has 3 aromatic rings. The van der Waals surface area contributed by atoms with Crippen LogP contribution in [-0.2, 0) is 11.2 Å². The van der Waals surface area contributed by atoms with Crippen LogP contribution in [0.15, 0.2) is 66.7 Å². The van der Waals surface area contributed by atoms with Gasteiger partial charge in [-0.2, -0.15) is 0 Å². The molecule has 0 saturated carbocycles. The molecule has 0 radical (unpaired) electrons. The third-order valence-corrected chi connectivity index (χ3v) is 6.47. The molecule has 3 rings (SSSR count). The number of hydrogen-bond donors (Lipinski definition) is 2. The Kier molecular flexibility index (Phi) is 9.44. The Morgan fingerprint density at radius 3 is 2.20 bits per heavy atom. The van der Waals surface area contributed by atoms with E-state index in [1.54, 1.807) is 12.1 Å². The fourth-order valence-corrected chi connectivity index (χ4v) is 4.43. The Labute approximate surface area is 217 Å². The van der Waals surface area contributed by atoms with E-state index in [-0.39, 0.29) is 18.5 Å². The van der Waals surface area contributed by atoms with Crippen molar-refractivity contribution in [2.45, 2.75) is 33.2 Å². The number of nitrogens with two attached hydrogens (primary N) is 1. The number of amides is 1. The molecule has 0 heterocycles. The average molecular weight is 515 g/mol. The van der Waals surface area contributed by atoms with Crippen LogP contribution in [0.4, 0.5) is 0 Å².